The Morgan fingerprint density at radius 3 is 1.61 bits per heavy atom. The summed E-state index contributed by atoms with van der Waals surface area (Å²) < 4.78 is 9.50. The summed E-state index contributed by atoms with van der Waals surface area (Å²) in [6.45, 7) is 1.62. The molecular formula is C20H36O8. The summed E-state index contributed by atoms with van der Waals surface area (Å²) in [5, 5.41) is 27.7. The van der Waals surface area contributed by atoms with E-state index in [1.165, 1.54) is 38.5 Å². The Labute approximate surface area is 167 Å². The number of hydrogen-bond donors (Lipinski definition) is 3. The lowest BCUT2D eigenvalue weighted by Crippen LogP contribution is -2.43. The molecule has 164 valence electrons. The average Bonchev–Trinajstić information content (AvgIpc) is 2.64. The normalized spacial score (nSPS) is 13.0. The zero-order valence-corrected chi connectivity index (χ0v) is 17.0. The van der Waals surface area contributed by atoms with Gasteiger partial charge in [0, 0.05) is 0 Å². The number of aliphatic hydroxyl groups is 2. The van der Waals surface area contributed by atoms with Crippen LogP contribution >= 0.6 is 0 Å². The highest BCUT2D eigenvalue weighted by molar-refractivity contribution is 5.88. The predicted molar refractivity (Wildman–Crippen MR) is 103 cm³/mol. The molecule has 0 spiro atoms. The third-order valence-electron chi connectivity index (χ3n) is 4.39. The van der Waals surface area contributed by atoms with Crippen molar-refractivity contribution in [2.24, 2.45) is 0 Å². The van der Waals surface area contributed by atoms with Gasteiger partial charge in [0.1, 0.15) is 6.61 Å². The van der Waals surface area contributed by atoms with Gasteiger partial charge >= 0.3 is 17.9 Å². The molecule has 0 aliphatic rings. The Balaban J connectivity index is 3.92. The molecule has 0 saturated carbocycles. The van der Waals surface area contributed by atoms with E-state index in [0.29, 0.717) is 6.42 Å². The van der Waals surface area contributed by atoms with Crippen molar-refractivity contribution in [3.8, 4) is 0 Å². The maximum atomic E-state index is 11.8. The molecule has 0 radical (unpaired) electrons. The van der Waals surface area contributed by atoms with Crippen LogP contribution in [0.2, 0.25) is 0 Å². The van der Waals surface area contributed by atoms with E-state index in [1.807, 2.05) is 0 Å². The molecule has 8 heteroatoms. The molecule has 0 aromatic carbocycles. The lowest BCUT2D eigenvalue weighted by Gasteiger charge is -2.21. The quantitative estimate of drug-likeness (QED) is 0.235. The van der Waals surface area contributed by atoms with Crippen molar-refractivity contribution in [2.45, 2.75) is 89.6 Å². The molecule has 0 bridgehead atoms. The smallest absolute Gasteiger partial charge is 0.336 e. The van der Waals surface area contributed by atoms with Crippen molar-refractivity contribution >= 4 is 17.9 Å². The fourth-order valence-electron chi connectivity index (χ4n) is 2.73. The summed E-state index contributed by atoms with van der Waals surface area (Å²) in [5.41, 5.74) is -2.58. The summed E-state index contributed by atoms with van der Waals surface area (Å²) in [6.07, 6.45) is 9.65. The first-order valence-electron chi connectivity index (χ1n) is 10.2. The number of aliphatic hydroxyl groups excluding tert-OH is 1. The number of aliphatic carboxylic acids is 1. The van der Waals surface area contributed by atoms with Gasteiger partial charge in [-0.2, -0.15) is 0 Å². The SMILES string of the molecule is CCCCCCCCCCCCOC(=O)CC(O)(CC(=O)OCCO)C(=O)O. The second-order valence-electron chi connectivity index (χ2n) is 7.04. The van der Waals surface area contributed by atoms with Crippen LogP contribution in [0.25, 0.3) is 0 Å². The second kappa shape index (κ2) is 16.3. The molecule has 0 amide bonds. The first-order valence-corrected chi connectivity index (χ1v) is 10.2. The number of carboxylic acid groups (broad SMARTS) is 1. The van der Waals surface area contributed by atoms with Crippen molar-refractivity contribution in [1.29, 1.82) is 0 Å². The molecule has 0 saturated heterocycles. The monoisotopic (exact) mass is 404 g/mol. The van der Waals surface area contributed by atoms with E-state index in [-0.39, 0.29) is 13.2 Å². The van der Waals surface area contributed by atoms with Gasteiger partial charge in [0.2, 0.25) is 0 Å². The minimum atomic E-state index is -2.58. The molecule has 0 aromatic heterocycles. The Bertz CT molecular complexity index is 451. The maximum absolute atomic E-state index is 11.8. The molecule has 0 aliphatic carbocycles. The van der Waals surface area contributed by atoms with E-state index in [2.05, 4.69) is 11.7 Å². The van der Waals surface area contributed by atoms with E-state index < -0.39 is 43.0 Å². The molecule has 3 N–H and O–H groups in total. The molecule has 0 heterocycles. The Morgan fingerprint density at radius 1 is 0.750 bits per heavy atom. The second-order valence-corrected chi connectivity index (χ2v) is 7.04. The third-order valence-corrected chi connectivity index (χ3v) is 4.39. The fraction of sp³-hybridized carbons (Fsp3) is 0.850. The van der Waals surface area contributed by atoms with Crippen molar-refractivity contribution in [2.75, 3.05) is 19.8 Å². The van der Waals surface area contributed by atoms with Gasteiger partial charge in [-0.15, -0.1) is 0 Å². The minimum absolute atomic E-state index is 0.153. The van der Waals surface area contributed by atoms with Gasteiger partial charge in [-0.05, 0) is 6.42 Å². The van der Waals surface area contributed by atoms with Crippen molar-refractivity contribution < 1.29 is 39.2 Å². The number of hydrogen-bond acceptors (Lipinski definition) is 7. The van der Waals surface area contributed by atoms with Gasteiger partial charge in [-0.1, -0.05) is 64.7 Å². The highest BCUT2D eigenvalue weighted by Crippen LogP contribution is 2.18. The number of carbonyl (C=O) groups excluding carboxylic acids is 2. The van der Waals surface area contributed by atoms with E-state index in [4.69, 9.17) is 14.9 Å². The number of rotatable bonds is 18. The third kappa shape index (κ3) is 13.5. The van der Waals surface area contributed by atoms with Crippen LogP contribution in [-0.4, -0.2) is 58.6 Å². The highest BCUT2D eigenvalue weighted by atomic mass is 16.5. The van der Waals surface area contributed by atoms with Crippen molar-refractivity contribution in [3.05, 3.63) is 0 Å². The summed E-state index contributed by atoms with van der Waals surface area (Å²) in [4.78, 5) is 34.4. The number of ether oxygens (including phenoxy) is 2. The predicted octanol–water partition coefficient (Wildman–Crippen LogP) is 2.58. The van der Waals surface area contributed by atoms with E-state index in [9.17, 15) is 19.5 Å². The first-order chi connectivity index (χ1) is 13.4. The van der Waals surface area contributed by atoms with Crippen molar-refractivity contribution in [3.63, 3.8) is 0 Å². The molecule has 28 heavy (non-hydrogen) atoms. The first kappa shape index (κ1) is 26.3. The molecule has 0 rings (SSSR count). The van der Waals surface area contributed by atoms with Crippen LogP contribution in [0.5, 0.6) is 0 Å². The largest absolute Gasteiger partial charge is 0.479 e. The molecule has 1 atom stereocenters. The number of carboxylic acids is 1. The topological polar surface area (TPSA) is 130 Å². The fourth-order valence-corrected chi connectivity index (χ4v) is 2.73. The van der Waals surface area contributed by atoms with Crippen LogP contribution in [-0.2, 0) is 23.9 Å². The molecular weight excluding hydrogens is 368 g/mol. The highest BCUT2D eigenvalue weighted by Gasteiger charge is 2.41. The van der Waals surface area contributed by atoms with Gasteiger partial charge < -0.3 is 24.8 Å². The van der Waals surface area contributed by atoms with Gasteiger partial charge in [0.15, 0.2) is 5.60 Å². The minimum Gasteiger partial charge on any atom is -0.479 e. The van der Waals surface area contributed by atoms with Gasteiger partial charge in [0.25, 0.3) is 0 Å². The van der Waals surface area contributed by atoms with Crippen LogP contribution in [0.3, 0.4) is 0 Å². The number of esters is 2. The maximum Gasteiger partial charge on any atom is 0.336 e. The summed E-state index contributed by atoms with van der Waals surface area (Å²) >= 11 is 0. The molecule has 0 fully saturated rings. The van der Waals surface area contributed by atoms with E-state index in [1.54, 1.807) is 0 Å². The Morgan fingerprint density at radius 2 is 1.18 bits per heavy atom. The van der Waals surface area contributed by atoms with Crippen LogP contribution in [0.15, 0.2) is 0 Å². The summed E-state index contributed by atoms with van der Waals surface area (Å²) in [6, 6.07) is 0. The van der Waals surface area contributed by atoms with Crippen LogP contribution in [0.1, 0.15) is 84.0 Å². The molecule has 8 nitrogen and oxygen atoms in total. The lowest BCUT2D eigenvalue weighted by atomic mass is 9.96. The Hall–Kier alpha value is -1.67. The molecule has 0 aromatic rings. The summed E-state index contributed by atoms with van der Waals surface area (Å²) in [5.74, 6) is -3.60. The Kier molecular flexibility index (Phi) is 15.3. The number of carbonyl (C=O) groups is 3. The van der Waals surface area contributed by atoms with E-state index in [0.717, 1.165) is 19.3 Å². The summed E-state index contributed by atoms with van der Waals surface area (Å²) in [7, 11) is 0. The molecule has 0 aliphatic heterocycles. The van der Waals surface area contributed by atoms with Crippen molar-refractivity contribution in [1.82, 2.24) is 0 Å². The van der Waals surface area contributed by atoms with Gasteiger partial charge in [0.05, 0.1) is 26.1 Å². The van der Waals surface area contributed by atoms with Crippen LogP contribution < -0.4 is 0 Å². The lowest BCUT2D eigenvalue weighted by molar-refractivity contribution is -0.173. The van der Waals surface area contributed by atoms with Gasteiger partial charge in [-0.3, -0.25) is 9.59 Å². The van der Waals surface area contributed by atoms with Gasteiger partial charge in [-0.25, -0.2) is 4.79 Å². The van der Waals surface area contributed by atoms with Crippen LogP contribution in [0, 0.1) is 0 Å². The standard InChI is InChI=1S/C20H36O8/c1-2-3-4-5-6-7-8-9-10-11-13-27-17(22)15-20(26,19(24)25)16-18(23)28-14-12-21/h21,26H,2-16H2,1H3,(H,24,25). The zero-order valence-electron chi connectivity index (χ0n) is 17.0. The zero-order chi connectivity index (χ0) is 21.3. The van der Waals surface area contributed by atoms with E-state index >= 15 is 0 Å². The number of unbranched alkanes of at least 4 members (excludes halogenated alkanes) is 9. The average molecular weight is 405 g/mol. The molecule has 1 unspecified atom stereocenters. The van der Waals surface area contributed by atoms with Crippen LogP contribution in [0.4, 0.5) is 0 Å².